The third-order valence-electron chi connectivity index (χ3n) is 1.14. The Morgan fingerprint density at radius 2 is 2.10 bits per heavy atom. The van der Waals surface area contributed by atoms with Crippen LogP contribution in [0, 0.1) is 5.92 Å². The fourth-order valence-corrected chi connectivity index (χ4v) is 1.30. The van der Waals surface area contributed by atoms with Crippen LogP contribution in [0.3, 0.4) is 0 Å². The predicted molar refractivity (Wildman–Crippen MR) is 49.5 cm³/mol. The normalized spacial score (nSPS) is 13.4. The topological polar surface area (TPSA) is 26.0 Å². The minimum absolute atomic E-state index is 0.603. The third-order valence-corrected chi connectivity index (χ3v) is 2.41. The van der Waals surface area contributed by atoms with Crippen LogP contribution in [0.1, 0.15) is 20.8 Å². The first-order chi connectivity index (χ1) is 4.72. The van der Waals surface area contributed by atoms with Crippen molar-refractivity contribution in [2.75, 3.05) is 0 Å². The van der Waals surface area contributed by atoms with Crippen molar-refractivity contribution in [3.05, 3.63) is 22.6 Å². The Bertz CT molecular complexity index is 136. The van der Waals surface area contributed by atoms with Crippen LogP contribution in [0.5, 0.6) is 0 Å². The molecule has 2 N–H and O–H groups in total. The maximum absolute atomic E-state index is 5.20. The van der Waals surface area contributed by atoms with E-state index in [4.69, 9.17) is 5.73 Å². The van der Waals surface area contributed by atoms with Gasteiger partial charge in [-0.15, -0.1) is 11.8 Å². The Morgan fingerprint density at radius 3 is 2.40 bits per heavy atom. The molecule has 0 unspecified atom stereocenters. The first kappa shape index (κ1) is 9.63. The number of thioether (sulfide) groups is 1. The van der Waals surface area contributed by atoms with Crippen molar-refractivity contribution >= 4 is 11.8 Å². The van der Waals surface area contributed by atoms with Gasteiger partial charge in [0.25, 0.3) is 0 Å². The van der Waals surface area contributed by atoms with Crippen LogP contribution in [0.2, 0.25) is 0 Å². The summed E-state index contributed by atoms with van der Waals surface area (Å²) in [6, 6.07) is 0. The smallest absolute Gasteiger partial charge is 0.000533 e. The molecule has 0 saturated heterocycles. The van der Waals surface area contributed by atoms with E-state index in [-0.39, 0.29) is 0 Å². The van der Waals surface area contributed by atoms with Gasteiger partial charge in [0.15, 0.2) is 0 Å². The Labute approximate surface area is 67.4 Å². The van der Waals surface area contributed by atoms with E-state index in [1.807, 2.05) is 12.3 Å². The average Bonchev–Trinajstić information content (AvgIpc) is 1.89. The molecule has 0 aromatic carbocycles. The third kappa shape index (κ3) is 3.62. The molecule has 0 saturated carbocycles. The largest absolute Gasteiger partial charge is 0.404 e. The van der Waals surface area contributed by atoms with Gasteiger partial charge in [0.05, 0.1) is 0 Å². The summed E-state index contributed by atoms with van der Waals surface area (Å²) in [4.78, 5) is 1.36. The molecule has 0 fully saturated rings. The van der Waals surface area contributed by atoms with Gasteiger partial charge in [0, 0.05) is 6.20 Å². The molecule has 58 valence electrons. The van der Waals surface area contributed by atoms with E-state index < -0.39 is 0 Å². The van der Waals surface area contributed by atoms with Crippen LogP contribution in [0.15, 0.2) is 22.6 Å². The van der Waals surface area contributed by atoms with Crippen LogP contribution in [0.25, 0.3) is 0 Å². The zero-order valence-corrected chi connectivity index (χ0v) is 7.61. The minimum Gasteiger partial charge on any atom is -0.404 e. The van der Waals surface area contributed by atoms with Gasteiger partial charge >= 0.3 is 0 Å². The van der Waals surface area contributed by atoms with Gasteiger partial charge in [-0.25, -0.2) is 0 Å². The zero-order valence-electron chi connectivity index (χ0n) is 6.79. The van der Waals surface area contributed by atoms with E-state index in [0.29, 0.717) is 5.92 Å². The van der Waals surface area contributed by atoms with Crippen molar-refractivity contribution in [3.63, 3.8) is 0 Å². The van der Waals surface area contributed by atoms with E-state index in [0.717, 1.165) is 0 Å². The number of allylic oxidation sites excluding steroid dienone is 2. The highest BCUT2D eigenvalue weighted by Gasteiger charge is 1.98. The summed E-state index contributed by atoms with van der Waals surface area (Å²) < 4.78 is 0. The molecule has 0 aromatic heterocycles. The Kier molecular flexibility index (Phi) is 5.22. The van der Waals surface area contributed by atoms with E-state index >= 15 is 0 Å². The maximum Gasteiger partial charge on any atom is 0.000533 e. The molecule has 0 radical (unpaired) electrons. The molecule has 1 nitrogen and oxygen atoms in total. The summed E-state index contributed by atoms with van der Waals surface area (Å²) in [5.74, 6) is 0.603. The van der Waals surface area contributed by atoms with Crippen LogP contribution in [-0.4, -0.2) is 0 Å². The molecule has 0 aliphatic heterocycles. The van der Waals surface area contributed by atoms with E-state index in [9.17, 15) is 0 Å². The lowest BCUT2D eigenvalue weighted by Crippen LogP contribution is -1.87. The summed E-state index contributed by atoms with van der Waals surface area (Å²) in [5, 5.41) is 1.90. The lowest BCUT2D eigenvalue weighted by molar-refractivity contribution is 0.815. The second kappa shape index (κ2) is 5.42. The molecule has 0 spiro atoms. The molecule has 0 bridgehead atoms. The minimum atomic E-state index is 0.603. The van der Waals surface area contributed by atoms with Gasteiger partial charge in [0.1, 0.15) is 0 Å². The molecule has 0 aliphatic carbocycles. The highest BCUT2D eigenvalue weighted by atomic mass is 32.2. The summed E-state index contributed by atoms with van der Waals surface area (Å²) in [5.41, 5.74) is 5.20. The zero-order chi connectivity index (χ0) is 7.98. The Hall–Kier alpha value is -0.370. The van der Waals surface area contributed by atoms with Crippen LogP contribution >= 0.6 is 11.8 Å². The highest BCUT2D eigenvalue weighted by molar-refractivity contribution is 8.05. The van der Waals surface area contributed by atoms with Crippen molar-refractivity contribution in [3.8, 4) is 0 Å². The number of hydrogen-bond acceptors (Lipinski definition) is 2. The maximum atomic E-state index is 5.20. The van der Waals surface area contributed by atoms with E-state index in [2.05, 4.69) is 19.9 Å². The monoisotopic (exact) mass is 157 g/mol. The van der Waals surface area contributed by atoms with Crippen LogP contribution in [-0.2, 0) is 0 Å². The molecule has 10 heavy (non-hydrogen) atoms. The predicted octanol–water partition coefficient (Wildman–Crippen LogP) is 2.71. The summed E-state index contributed by atoms with van der Waals surface area (Å²) in [7, 11) is 0. The summed E-state index contributed by atoms with van der Waals surface area (Å²) in [6.45, 7) is 6.39. The first-order valence-electron chi connectivity index (χ1n) is 3.42. The molecular formula is C8H15NS. The Balaban J connectivity index is 3.86. The number of hydrogen-bond donors (Lipinski definition) is 1. The van der Waals surface area contributed by atoms with E-state index in [1.165, 1.54) is 4.91 Å². The van der Waals surface area contributed by atoms with Crippen LogP contribution < -0.4 is 5.73 Å². The number of nitrogens with two attached hydrogens (primary N) is 1. The van der Waals surface area contributed by atoms with Crippen molar-refractivity contribution in [1.29, 1.82) is 0 Å². The molecule has 0 atom stereocenters. The van der Waals surface area contributed by atoms with E-state index in [1.54, 1.807) is 18.0 Å². The quantitative estimate of drug-likeness (QED) is 0.681. The fourth-order valence-electron chi connectivity index (χ4n) is 0.655. The lowest BCUT2D eigenvalue weighted by Gasteiger charge is -2.05. The molecule has 0 aromatic rings. The molecule has 2 heteroatoms. The SMILES string of the molecule is C/C=C(\S/C=C\N)C(C)C. The van der Waals surface area contributed by atoms with Gasteiger partial charge in [0.2, 0.25) is 0 Å². The van der Waals surface area contributed by atoms with Crippen molar-refractivity contribution < 1.29 is 0 Å². The average molecular weight is 157 g/mol. The summed E-state index contributed by atoms with van der Waals surface area (Å²) >= 11 is 1.69. The second-order valence-corrected chi connectivity index (χ2v) is 3.27. The molecule has 0 rings (SSSR count). The molecular weight excluding hydrogens is 142 g/mol. The van der Waals surface area contributed by atoms with Gasteiger partial charge in [-0.3, -0.25) is 0 Å². The molecule has 0 amide bonds. The van der Waals surface area contributed by atoms with Gasteiger partial charge in [-0.1, -0.05) is 19.9 Å². The van der Waals surface area contributed by atoms with Gasteiger partial charge in [-0.2, -0.15) is 0 Å². The lowest BCUT2D eigenvalue weighted by atomic mass is 10.2. The highest BCUT2D eigenvalue weighted by Crippen LogP contribution is 2.23. The van der Waals surface area contributed by atoms with Crippen molar-refractivity contribution in [2.24, 2.45) is 11.7 Å². The fraction of sp³-hybridized carbons (Fsp3) is 0.500. The van der Waals surface area contributed by atoms with Crippen molar-refractivity contribution in [1.82, 2.24) is 0 Å². The van der Waals surface area contributed by atoms with Crippen LogP contribution in [0.4, 0.5) is 0 Å². The Morgan fingerprint density at radius 1 is 1.50 bits per heavy atom. The number of rotatable bonds is 3. The molecule has 0 heterocycles. The van der Waals surface area contributed by atoms with Gasteiger partial charge < -0.3 is 5.73 Å². The standard InChI is InChI=1S/C8H15NS/c1-4-8(7(2)3)10-6-5-9/h4-7H,9H2,1-3H3/b6-5-,8-4-. The second-order valence-electron chi connectivity index (χ2n) is 2.29. The summed E-state index contributed by atoms with van der Waals surface area (Å²) in [6.07, 6.45) is 3.69. The first-order valence-corrected chi connectivity index (χ1v) is 4.30. The molecule has 0 aliphatic rings. The van der Waals surface area contributed by atoms with Crippen molar-refractivity contribution in [2.45, 2.75) is 20.8 Å². The van der Waals surface area contributed by atoms with Gasteiger partial charge in [-0.05, 0) is 23.2 Å².